The number of hydrogen-bond donors (Lipinski definition) is 2. The standard InChI is InChI=1S/C18H26N4OS/c1-13(2)10-11-19-18(24)21-20-14(3)15-6-8-16(9-7-15)22-12-4-5-17(22)23/h6-9,13H,4-5,10-12H2,1-3H3,(H2,19,21,24)/b20-14-. The molecule has 1 aliphatic heterocycles. The van der Waals surface area contributed by atoms with Gasteiger partial charge in [0.1, 0.15) is 0 Å². The molecule has 1 amide bonds. The number of nitrogens with one attached hydrogen (secondary N) is 2. The van der Waals surface area contributed by atoms with E-state index in [4.69, 9.17) is 12.2 Å². The van der Waals surface area contributed by atoms with Gasteiger partial charge in [0.15, 0.2) is 5.11 Å². The lowest BCUT2D eigenvalue weighted by molar-refractivity contribution is -0.117. The van der Waals surface area contributed by atoms with Crippen LogP contribution in [0.2, 0.25) is 0 Å². The predicted octanol–water partition coefficient (Wildman–Crippen LogP) is 3.05. The topological polar surface area (TPSA) is 56.7 Å². The average molecular weight is 347 g/mol. The second-order valence-electron chi connectivity index (χ2n) is 6.44. The van der Waals surface area contributed by atoms with E-state index in [1.54, 1.807) is 0 Å². The molecule has 6 heteroatoms. The van der Waals surface area contributed by atoms with Crippen molar-refractivity contribution in [3.63, 3.8) is 0 Å². The van der Waals surface area contributed by atoms with Crippen LogP contribution in [0.4, 0.5) is 5.69 Å². The summed E-state index contributed by atoms with van der Waals surface area (Å²) in [6, 6.07) is 7.90. The van der Waals surface area contributed by atoms with Crippen molar-refractivity contribution in [1.82, 2.24) is 10.7 Å². The fourth-order valence-electron chi connectivity index (χ4n) is 2.52. The Hall–Kier alpha value is -1.95. The molecule has 0 atom stereocenters. The van der Waals surface area contributed by atoms with Crippen LogP contribution in [-0.4, -0.2) is 29.8 Å². The van der Waals surface area contributed by atoms with Gasteiger partial charge in [-0.3, -0.25) is 10.2 Å². The Morgan fingerprint density at radius 1 is 1.33 bits per heavy atom. The molecule has 5 nitrogen and oxygen atoms in total. The molecular formula is C18H26N4OS. The van der Waals surface area contributed by atoms with Gasteiger partial charge in [-0.05, 0) is 55.6 Å². The maximum atomic E-state index is 11.8. The maximum absolute atomic E-state index is 11.8. The van der Waals surface area contributed by atoms with Crippen molar-refractivity contribution in [2.45, 2.75) is 40.0 Å². The molecule has 0 radical (unpaired) electrons. The summed E-state index contributed by atoms with van der Waals surface area (Å²) in [5.41, 5.74) is 5.68. The lowest BCUT2D eigenvalue weighted by Crippen LogP contribution is -2.33. The predicted molar refractivity (Wildman–Crippen MR) is 103 cm³/mol. The van der Waals surface area contributed by atoms with E-state index in [1.807, 2.05) is 36.1 Å². The number of carbonyl (C=O) groups is 1. The third kappa shape index (κ3) is 5.30. The molecule has 0 bridgehead atoms. The minimum absolute atomic E-state index is 0.202. The zero-order chi connectivity index (χ0) is 17.5. The lowest BCUT2D eigenvalue weighted by Gasteiger charge is -2.16. The Morgan fingerprint density at radius 2 is 2.04 bits per heavy atom. The highest BCUT2D eigenvalue weighted by Crippen LogP contribution is 2.21. The Balaban J connectivity index is 1.88. The number of rotatable bonds is 6. The average Bonchev–Trinajstić information content (AvgIpc) is 2.98. The highest BCUT2D eigenvalue weighted by atomic mass is 32.1. The summed E-state index contributed by atoms with van der Waals surface area (Å²) in [5, 5.41) is 7.99. The van der Waals surface area contributed by atoms with E-state index < -0.39 is 0 Å². The number of thiocarbonyl (C=S) groups is 1. The van der Waals surface area contributed by atoms with E-state index in [-0.39, 0.29) is 5.91 Å². The second-order valence-corrected chi connectivity index (χ2v) is 6.85. The van der Waals surface area contributed by atoms with Gasteiger partial charge < -0.3 is 10.2 Å². The highest BCUT2D eigenvalue weighted by Gasteiger charge is 2.21. The largest absolute Gasteiger partial charge is 0.361 e. The SMILES string of the molecule is C/C(=N/NC(=S)NCCC(C)C)c1ccc(N2CCCC2=O)cc1. The summed E-state index contributed by atoms with van der Waals surface area (Å²) < 4.78 is 0. The van der Waals surface area contributed by atoms with Crippen molar-refractivity contribution < 1.29 is 4.79 Å². The quantitative estimate of drug-likeness (QED) is 0.472. The van der Waals surface area contributed by atoms with E-state index in [2.05, 4.69) is 29.7 Å². The van der Waals surface area contributed by atoms with Crippen molar-refractivity contribution >= 4 is 34.6 Å². The van der Waals surface area contributed by atoms with Crippen LogP contribution in [-0.2, 0) is 4.79 Å². The molecule has 24 heavy (non-hydrogen) atoms. The Morgan fingerprint density at radius 3 is 2.62 bits per heavy atom. The van der Waals surface area contributed by atoms with Crippen LogP contribution in [0, 0.1) is 5.92 Å². The first-order valence-corrected chi connectivity index (χ1v) is 8.87. The summed E-state index contributed by atoms with van der Waals surface area (Å²) in [6.45, 7) is 7.94. The van der Waals surface area contributed by atoms with Crippen LogP contribution in [0.3, 0.4) is 0 Å². The molecule has 130 valence electrons. The first-order chi connectivity index (χ1) is 11.5. The van der Waals surface area contributed by atoms with Gasteiger partial charge in [0, 0.05) is 25.2 Å². The molecule has 0 aromatic heterocycles. The first-order valence-electron chi connectivity index (χ1n) is 8.46. The maximum Gasteiger partial charge on any atom is 0.227 e. The minimum Gasteiger partial charge on any atom is -0.361 e. The molecule has 1 heterocycles. The van der Waals surface area contributed by atoms with Gasteiger partial charge in [0.05, 0.1) is 5.71 Å². The number of hydrogen-bond acceptors (Lipinski definition) is 3. The van der Waals surface area contributed by atoms with Crippen molar-refractivity contribution in [1.29, 1.82) is 0 Å². The molecule has 0 spiro atoms. The molecule has 1 aromatic rings. The lowest BCUT2D eigenvalue weighted by atomic mass is 10.1. The third-order valence-electron chi connectivity index (χ3n) is 4.00. The zero-order valence-corrected chi connectivity index (χ0v) is 15.4. The number of anilines is 1. The van der Waals surface area contributed by atoms with Crippen LogP contribution < -0.4 is 15.6 Å². The van der Waals surface area contributed by atoms with E-state index in [9.17, 15) is 4.79 Å². The molecule has 1 fully saturated rings. The van der Waals surface area contributed by atoms with Gasteiger partial charge in [-0.1, -0.05) is 26.0 Å². The van der Waals surface area contributed by atoms with Crippen molar-refractivity contribution in [2.24, 2.45) is 11.0 Å². The fourth-order valence-corrected chi connectivity index (χ4v) is 2.66. The number of amides is 1. The Kier molecular flexibility index (Phi) is 6.73. The van der Waals surface area contributed by atoms with Gasteiger partial charge in [-0.15, -0.1) is 0 Å². The van der Waals surface area contributed by atoms with E-state index in [1.165, 1.54) is 0 Å². The van der Waals surface area contributed by atoms with Crippen LogP contribution >= 0.6 is 12.2 Å². The zero-order valence-electron chi connectivity index (χ0n) is 14.6. The molecule has 1 aliphatic rings. The molecule has 2 rings (SSSR count). The summed E-state index contributed by atoms with van der Waals surface area (Å²) in [5.74, 6) is 0.846. The molecule has 0 aliphatic carbocycles. The Labute approximate surface area is 149 Å². The van der Waals surface area contributed by atoms with E-state index >= 15 is 0 Å². The minimum atomic E-state index is 0.202. The number of carbonyl (C=O) groups excluding carboxylic acids is 1. The highest BCUT2D eigenvalue weighted by molar-refractivity contribution is 7.80. The monoisotopic (exact) mass is 346 g/mol. The van der Waals surface area contributed by atoms with Crippen molar-refractivity contribution in [3.05, 3.63) is 29.8 Å². The van der Waals surface area contributed by atoms with Crippen LogP contribution in [0.25, 0.3) is 0 Å². The number of nitrogens with zero attached hydrogens (tertiary/aromatic N) is 2. The van der Waals surface area contributed by atoms with Crippen LogP contribution in [0.15, 0.2) is 29.4 Å². The summed E-state index contributed by atoms with van der Waals surface area (Å²) in [7, 11) is 0. The van der Waals surface area contributed by atoms with Gasteiger partial charge in [-0.25, -0.2) is 0 Å². The summed E-state index contributed by atoms with van der Waals surface area (Å²) >= 11 is 5.21. The Bertz CT molecular complexity index is 610. The van der Waals surface area contributed by atoms with Crippen LogP contribution in [0.5, 0.6) is 0 Å². The van der Waals surface area contributed by atoms with Crippen molar-refractivity contribution in [3.8, 4) is 0 Å². The van der Waals surface area contributed by atoms with Crippen LogP contribution in [0.1, 0.15) is 45.6 Å². The molecule has 1 saturated heterocycles. The first kappa shape index (κ1) is 18.4. The van der Waals surface area contributed by atoms with Gasteiger partial charge >= 0.3 is 0 Å². The van der Waals surface area contributed by atoms with Gasteiger partial charge in [0.2, 0.25) is 5.91 Å². The molecule has 1 aromatic carbocycles. The molecule has 0 saturated carbocycles. The molecule has 0 unspecified atom stereocenters. The second kappa shape index (κ2) is 8.78. The molecular weight excluding hydrogens is 320 g/mol. The van der Waals surface area contributed by atoms with E-state index in [0.29, 0.717) is 17.5 Å². The summed E-state index contributed by atoms with van der Waals surface area (Å²) in [4.78, 5) is 13.6. The number of hydrazone groups is 1. The van der Waals surface area contributed by atoms with Gasteiger partial charge in [0.25, 0.3) is 0 Å². The van der Waals surface area contributed by atoms with E-state index in [0.717, 1.165) is 42.9 Å². The van der Waals surface area contributed by atoms with Crippen molar-refractivity contribution in [2.75, 3.05) is 18.0 Å². The summed E-state index contributed by atoms with van der Waals surface area (Å²) in [6.07, 6.45) is 2.65. The molecule has 2 N–H and O–H groups in total. The van der Waals surface area contributed by atoms with Gasteiger partial charge in [-0.2, -0.15) is 5.10 Å². The normalized spacial score (nSPS) is 15.1. The fraction of sp³-hybridized carbons (Fsp3) is 0.500. The smallest absolute Gasteiger partial charge is 0.227 e. The number of benzene rings is 1. The third-order valence-corrected chi connectivity index (χ3v) is 4.24.